The Balaban J connectivity index is 1.55. The van der Waals surface area contributed by atoms with E-state index < -0.39 is 41.9 Å². The molecule has 3 amide bonds. The molecule has 17 heteroatoms. The minimum atomic E-state index is -1.25. The Morgan fingerprint density at radius 1 is 0.821 bits per heavy atom. The van der Waals surface area contributed by atoms with Crippen LogP contribution in [-0.2, 0) is 30.4 Å². The number of carboxylic acid groups (broad SMARTS) is 2. The predicted molar refractivity (Wildman–Crippen MR) is 210 cm³/mol. The zero-order chi connectivity index (χ0) is 41.4. The molecule has 17 nitrogen and oxygen atoms in total. The maximum atomic E-state index is 13.4. The Bertz CT molecular complexity index is 1710. The summed E-state index contributed by atoms with van der Waals surface area (Å²) in [5, 5.41) is 42.4. The molecule has 2 aromatic carbocycles. The first kappa shape index (κ1) is 44.7. The average Bonchev–Trinajstić information content (AvgIpc) is 3.11. The molecule has 3 unspecified atom stereocenters. The van der Waals surface area contributed by atoms with Crippen molar-refractivity contribution < 1.29 is 38.9 Å². The molecular weight excluding hydrogens is 722 g/mol. The molecule has 3 atom stereocenters. The van der Waals surface area contributed by atoms with Gasteiger partial charge in [-0.15, -0.1) is 0 Å². The normalized spacial score (nSPS) is 15.4. The van der Waals surface area contributed by atoms with E-state index in [1.165, 1.54) is 0 Å². The lowest BCUT2D eigenvalue weighted by Crippen LogP contribution is -2.58. The fourth-order valence-electron chi connectivity index (χ4n) is 5.94. The van der Waals surface area contributed by atoms with Gasteiger partial charge in [0.25, 0.3) is 0 Å². The summed E-state index contributed by atoms with van der Waals surface area (Å²) in [5.41, 5.74) is 1.54. The van der Waals surface area contributed by atoms with Crippen molar-refractivity contribution in [2.75, 3.05) is 51.7 Å². The molecular formula is C39H55N9O8. The number of aliphatic carboxylic acids is 2. The summed E-state index contributed by atoms with van der Waals surface area (Å²) < 4.78 is 5.17. The molecule has 304 valence electrons. The van der Waals surface area contributed by atoms with Crippen molar-refractivity contribution in [2.45, 2.75) is 72.0 Å². The van der Waals surface area contributed by atoms with Gasteiger partial charge in [-0.2, -0.15) is 5.26 Å². The molecule has 1 aliphatic heterocycles. The Kier molecular flexibility index (Phi) is 17.1. The number of carboxylic acids is 2. The fourth-order valence-corrected chi connectivity index (χ4v) is 5.94. The van der Waals surface area contributed by atoms with Gasteiger partial charge < -0.3 is 36.2 Å². The molecule has 1 heterocycles. The van der Waals surface area contributed by atoms with Crippen molar-refractivity contribution in [1.29, 1.82) is 5.26 Å². The third-order valence-corrected chi connectivity index (χ3v) is 8.71. The maximum absolute atomic E-state index is 13.4. The summed E-state index contributed by atoms with van der Waals surface area (Å²) >= 11 is 0. The van der Waals surface area contributed by atoms with E-state index in [-0.39, 0.29) is 55.6 Å². The Morgan fingerprint density at radius 2 is 1.36 bits per heavy atom. The molecule has 0 spiro atoms. The van der Waals surface area contributed by atoms with Crippen molar-refractivity contribution in [3.63, 3.8) is 0 Å². The first-order valence-electron chi connectivity index (χ1n) is 18.5. The van der Waals surface area contributed by atoms with Crippen LogP contribution in [0, 0.1) is 22.8 Å². The van der Waals surface area contributed by atoms with Gasteiger partial charge in [-0.1, -0.05) is 46.8 Å². The van der Waals surface area contributed by atoms with E-state index in [4.69, 9.17) is 4.74 Å². The minimum Gasteiger partial charge on any atom is -0.497 e. The number of amides is 3. The Labute approximate surface area is 327 Å². The highest BCUT2D eigenvalue weighted by Crippen LogP contribution is 2.19. The standard InChI is InChI=1S/C39H55N9O8/c1-25(2)19-30(44-33(49)20-26-7-9-27(10-8-26)42-38(41-24-40)43-28-11-13-29(56-6)14-12-28)35(51)46-32(37(54)55)23-48-17-15-47(16-18-48)22-31(36(52)53)45-34(50)21-39(3,4)5/h7-14,25,30-32H,15-23H2,1-6H3,(H,44,49)(H,45,50)(H,46,51)(H,52,53)(H,54,55)(H2,41,42,43). The minimum absolute atomic E-state index is 0.00941. The number of nitriles is 1. The Hall–Kier alpha value is -5.73. The third-order valence-electron chi connectivity index (χ3n) is 8.71. The Morgan fingerprint density at radius 3 is 1.84 bits per heavy atom. The molecule has 0 radical (unpaired) electrons. The number of nitrogens with one attached hydrogen (secondary N) is 5. The second-order valence-electron chi connectivity index (χ2n) is 15.3. The van der Waals surface area contributed by atoms with E-state index in [2.05, 4.69) is 31.6 Å². The molecule has 56 heavy (non-hydrogen) atoms. The maximum Gasteiger partial charge on any atom is 0.327 e. The molecule has 0 saturated carbocycles. The van der Waals surface area contributed by atoms with Crippen molar-refractivity contribution in [1.82, 2.24) is 31.1 Å². The molecule has 0 aliphatic carbocycles. The summed E-state index contributed by atoms with van der Waals surface area (Å²) in [6.07, 6.45) is 2.27. The number of carbonyl (C=O) groups is 5. The number of hydrogen-bond acceptors (Lipinski definition) is 10. The van der Waals surface area contributed by atoms with Crippen LogP contribution in [0.5, 0.6) is 5.75 Å². The number of anilines is 1. The number of carbonyl (C=O) groups excluding carboxylic acids is 3. The lowest BCUT2D eigenvalue weighted by atomic mass is 9.92. The number of rotatable bonds is 18. The number of nitrogens with zero attached hydrogens (tertiary/aromatic N) is 4. The molecule has 7 N–H and O–H groups in total. The van der Waals surface area contributed by atoms with E-state index in [9.17, 15) is 39.4 Å². The number of methoxy groups -OCH3 is 1. The van der Waals surface area contributed by atoms with Crippen LogP contribution in [0.15, 0.2) is 53.5 Å². The molecule has 3 rings (SSSR count). The summed E-state index contributed by atoms with van der Waals surface area (Å²) in [5.74, 6) is -2.85. The fraction of sp³-hybridized carbons (Fsp3) is 0.513. The van der Waals surface area contributed by atoms with Gasteiger partial charge in [0.15, 0.2) is 6.19 Å². The van der Waals surface area contributed by atoms with Crippen LogP contribution in [0.3, 0.4) is 0 Å². The van der Waals surface area contributed by atoms with Crippen molar-refractivity contribution in [3.8, 4) is 11.9 Å². The van der Waals surface area contributed by atoms with Gasteiger partial charge in [0.2, 0.25) is 23.7 Å². The average molecular weight is 778 g/mol. The number of aliphatic imine (C=N–C) groups is 1. The van der Waals surface area contributed by atoms with E-state index in [0.29, 0.717) is 48.9 Å². The number of hydrogen-bond donors (Lipinski definition) is 7. The summed E-state index contributed by atoms with van der Waals surface area (Å²) in [4.78, 5) is 71.3. The first-order chi connectivity index (χ1) is 26.4. The summed E-state index contributed by atoms with van der Waals surface area (Å²) in [7, 11) is 1.56. The van der Waals surface area contributed by atoms with E-state index in [0.717, 1.165) is 0 Å². The highest BCUT2D eigenvalue weighted by atomic mass is 16.5. The van der Waals surface area contributed by atoms with Gasteiger partial charge in [-0.3, -0.25) is 29.5 Å². The number of piperazine rings is 1. The van der Waals surface area contributed by atoms with Crippen LogP contribution < -0.4 is 31.3 Å². The van der Waals surface area contributed by atoms with Crippen LogP contribution >= 0.6 is 0 Å². The van der Waals surface area contributed by atoms with Crippen molar-refractivity contribution >= 4 is 47.0 Å². The summed E-state index contributed by atoms with van der Waals surface area (Å²) in [6, 6.07) is 10.5. The van der Waals surface area contributed by atoms with Gasteiger partial charge in [-0.05, 0) is 59.7 Å². The van der Waals surface area contributed by atoms with Crippen molar-refractivity contribution in [3.05, 3.63) is 54.1 Å². The number of ether oxygens (including phenoxy) is 1. The SMILES string of the molecule is COc1ccc(NC(=Nc2ccc(CC(=O)NC(CC(C)C)C(=O)NC(CN3CCN(CC(NC(=O)CC(C)(C)C)C(=O)O)CC3)C(=O)O)cc2)NC#N)cc1. The largest absolute Gasteiger partial charge is 0.497 e. The monoisotopic (exact) mass is 777 g/mol. The van der Waals surface area contributed by atoms with Gasteiger partial charge in [-0.25, -0.2) is 14.6 Å². The highest BCUT2D eigenvalue weighted by Gasteiger charge is 2.31. The zero-order valence-electron chi connectivity index (χ0n) is 32.9. The van der Waals surface area contributed by atoms with Gasteiger partial charge in [0.1, 0.15) is 23.9 Å². The second-order valence-corrected chi connectivity index (χ2v) is 15.3. The van der Waals surface area contributed by atoms with E-state index in [1.54, 1.807) is 55.6 Å². The smallest absolute Gasteiger partial charge is 0.327 e. The van der Waals surface area contributed by atoms with E-state index in [1.807, 2.05) is 50.6 Å². The molecule has 1 aliphatic rings. The lowest BCUT2D eigenvalue weighted by Gasteiger charge is -2.37. The molecule has 0 bridgehead atoms. The topological polar surface area (TPSA) is 238 Å². The number of benzene rings is 2. The lowest BCUT2D eigenvalue weighted by molar-refractivity contribution is -0.143. The second kappa shape index (κ2) is 21.4. The van der Waals surface area contributed by atoms with Crippen molar-refractivity contribution in [2.24, 2.45) is 16.3 Å². The van der Waals surface area contributed by atoms with Crippen LogP contribution in [0.25, 0.3) is 0 Å². The zero-order valence-corrected chi connectivity index (χ0v) is 32.9. The molecule has 1 saturated heterocycles. The van der Waals surface area contributed by atoms with Gasteiger partial charge in [0.05, 0.1) is 19.2 Å². The molecule has 0 aromatic heterocycles. The third kappa shape index (κ3) is 15.9. The predicted octanol–water partition coefficient (Wildman–Crippen LogP) is 2.13. The highest BCUT2D eigenvalue weighted by molar-refractivity contribution is 5.96. The van der Waals surface area contributed by atoms with Gasteiger partial charge in [0, 0.05) is 51.4 Å². The van der Waals surface area contributed by atoms with Crippen LogP contribution in [0.4, 0.5) is 11.4 Å². The molecule has 1 fully saturated rings. The number of guanidine groups is 1. The van der Waals surface area contributed by atoms with Crippen LogP contribution in [0.1, 0.15) is 53.0 Å². The molecule has 2 aromatic rings. The first-order valence-corrected chi connectivity index (χ1v) is 18.5. The van der Waals surface area contributed by atoms with Crippen LogP contribution in [0.2, 0.25) is 0 Å². The quantitative estimate of drug-likeness (QED) is 0.0498. The summed E-state index contributed by atoms with van der Waals surface area (Å²) in [6.45, 7) is 11.3. The van der Waals surface area contributed by atoms with Crippen LogP contribution in [-0.4, -0.2) is 120 Å². The van der Waals surface area contributed by atoms with E-state index >= 15 is 0 Å². The van der Waals surface area contributed by atoms with Gasteiger partial charge >= 0.3 is 11.9 Å².